The maximum absolute atomic E-state index is 10.2. The van der Waals surface area contributed by atoms with Crippen LogP contribution in [0.3, 0.4) is 0 Å². The van der Waals surface area contributed by atoms with Crippen LogP contribution in [-0.2, 0) is 13.0 Å². The maximum Gasteiger partial charge on any atom is 0.230 e. The number of nitrogens with zero attached hydrogens (tertiary/aromatic N) is 3. The molecular weight excluding hydrogens is 314 g/mol. The first-order valence-electron chi connectivity index (χ1n) is 9.55. The third kappa shape index (κ3) is 4.10. The zero-order valence-electron chi connectivity index (χ0n) is 14.7. The van der Waals surface area contributed by atoms with Gasteiger partial charge < -0.3 is 9.52 Å². The van der Waals surface area contributed by atoms with E-state index in [9.17, 15) is 5.11 Å². The van der Waals surface area contributed by atoms with Crippen LogP contribution in [0.4, 0.5) is 0 Å². The van der Waals surface area contributed by atoms with E-state index in [0.717, 1.165) is 13.0 Å². The number of hydrogen-bond acceptors (Lipinski definition) is 5. The summed E-state index contributed by atoms with van der Waals surface area (Å²) in [6.07, 6.45) is 7.92. The Hall–Kier alpha value is -1.72. The van der Waals surface area contributed by atoms with Crippen molar-refractivity contribution in [3.63, 3.8) is 0 Å². The molecule has 1 saturated carbocycles. The fourth-order valence-electron chi connectivity index (χ4n) is 4.47. The lowest BCUT2D eigenvalue weighted by Gasteiger charge is -2.33. The molecule has 2 heterocycles. The fourth-order valence-corrected chi connectivity index (χ4v) is 4.47. The molecule has 0 bridgehead atoms. The van der Waals surface area contributed by atoms with E-state index in [2.05, 4.69) is 27.2 Å². The Morgan fingerprint density at radius 2 is 1.80 bits per heavy atom. The second-order valence-electron chi connectivity index (χ2n) is 7.54. The average Bonchev–Trinajstić information content (AvgIpc) is 3.23. The molecule has 1 aliphatic carbocycles. The van der Waals surface area contributed by atoms with Gasteiger partial charge in [-0.2, -0.15) is 0 Å². The summed E-state index contributed by atoms with van der Waals surface area (Å²) in [5, 5.41) is 18.6. The number of hydrogen-bond donors (Lipinski definition) is 1. The van der Waals surface area contributed by atoms with Gasteiger partial charge in [-0.15, -0.1) is 10.2 Å². The zero-order valence-corrected chi connectivity index (χ0v) is 14.7. The minimum Gasteiger partial charge on any atom is -0.424 e. The van der Waals surface area contributed by atoms with Crippen molar-refractivity contribution in [2.75, 3.05) is 6.54 Å². The number of β-amino-alcohol motifs (C(OH)–C–C–N with tert-alkyl or cyclic N) is 1. The molecule has 1 aliphatic heterocycles. The van der Waals surface area contributed by atoms with Crippen LogP contribution in [0.25, 0.3) is 0 Å². The molecule has 134 valence electrons. The summed E-state index contributed by atoms with van der Waals surface area (Å²) in [6, 6.07) is 10.6. The van der Waals surface area contributed by atoms with Gasteiger partial charge in [0.2, 0.25) is 11.8 Å². The number of likely N-dealkylation sites (tertiary alicyclic amines) is 1. The topological polar surface area (TPSA) is 62.4 Å². The Labute approximate surface area is 149 Å². The average molecular weight is 341 g/mol. The minimum absolute atomic E-state index is 0.223. The van der Waals surface area contributed by atoms with Crippen molar-refractivity contribution in [3.8, 4) is 0 Å². The quantitative estimate of drug-likeness (QED) is 0.905. The van der Waals surface area contributed by atoms with Crippen LogP contribution in [0.2, 0.25) is 0 Å². The Balaban J connectivity index is 1.40. The lowest BCUT2D eigenvalue weighted by molar-refractivity contribution is 0.136. The molecule has 1 aromatic carbocycles. The largest absolute Gasteiger partial charge is 0.424 e. The lowest BCUT2D eigenvalue weighted by Crippen LogP contribution is -2.36. The van der Waals surface area contributed by atoms with Gasteiger partial charge in [-0.3, -0.25) is 4.90 Å². The van der Waals surface area contributed by atoms with Crippen LogP contribution in [0.5, 0.6) is 0 Å². The maximum atomic E-state index is 10.2. The Morgan fingerprint density at radius 3 is 2.60 bits per heavy atom. The van der Waals surface area contributed by atoms with E-state index in [1.807, 2.05) is 18.2 Å². The highest BCUT2D eigenvalue weighted by Gasteiger charge is 2.37. The van der Waals surface area contributed by atoms with E-state index in [0.29, 0.717) is 36.7 Å². The molecule has 0 amide bonds. The van der Waals surface area contributed by atoms with Gasteiger partial charge in [-0.05, 0) is 30.7 Å². The van der Waals surface area contributed by atoms with Crippen LogP contribution in [0.15, 0.2) is 34.7 Å². The van der Waals surface area contributed by atoms with Crippen LogP contribution in [-0.4, -0.2) is 38.9 Å². The van der Waals surface area contributed by atoms with Gasteiger partial charge in [0, 0.05) is 12.6 Å². The number of aliphatic hydroxyl groups is 1. The molecule has 5 nitrogen and oxygen atoms in total. The van der Waals surface area contributed by atoms with Crippen molar-refractivity contribution in [2.24, 2.45) is 5.92 Å². The van der Waals surface area contributed by atoms with E-state index in [1.165, 1.54) is 37.7 Å². The molecule has 0 unspecified atom stereocenters. The van der Waals surface area contributed by atoms with Gasteiger partial charge in [-0.1, -0.05) is 49.6 Å². The molecule has 4 rings (SSSR count). The van der Waals surface area contributed by atoms with E-state index < -0.39 is 0 Å². The third-order valence-electron chi connectivity index (χ3n) is 5.67. The molecule has 0 spiro atoms. The predicted octanol–water partition coefficient (Wildman–Crippen LogP) is 3.18. The first-order valence-corrected chi connectivity index (χ1v) is 9.55. The number of aromatic nitrogens is 2. The third-order valence-corrected chi connectivity index (χ3v) is 5.67. The second kappa shape index (κ2) is 7.67. The van der Waals surface area contributed by atoms with E-state index >= 15 is 0 Å². The SMILES string of the molecule is O[C@@H]1C[C@@H](C2CCCCC2)N(Cc2nnc(Cc3ccccc3)o2)C1. The first kappa shape index (κ1) is 16.7. The van der Waals surface area contributed by atoms with Crippen LogP contribution < -0.4 is 0 Å². The van der Waals surface area contributed by atoms with Gasteiger partial charge in [0.1, 0.15) is 0 Å². The van der Waals surface area contributed by atoms with Crippen molar-refractivity contribution in [2.45, 2.75) is 63.6 Å². The van der Waals surface area contributed by atoms with Crippen molar-refractivity contribution >= 4 is 0 Å². The van der Waals surface area contributed by atoms with Crippen LogP contribution >= 0.6 is 0 Å². The summed E-state index contributed by atoms with van der Waals surface area (Å²) in [5.41, 5.74) is 1.18. The predicted molar refractivity (Wildman–Crippen MR) is 94.9 cm³/mol. The highest BCUT2D eigenvalue weighted by Crippen LogP contribution is 2.35. The molecule has 2 aromatic rings. The normalized spacial score (nSPS) is 25.5. The molecule has 2 atom stereocenters. The Bertz CT molecular complexity index is 667. The molecular formula is C20H27N3O2. The molecule has 1 aromatic heterocycles. The highest BCUT2D eigenvalue weighted by molar-refractivity contribution is 5.17. The molecule has 2 fully saturated rings. The molecule has 25 heavy (non-hydrogen) atoms. The molecule has 1 N–H and O–H groups in total. The van der Waals surface area contributed by atoms with E-state index in [1.54, 1.807) is 0 Å². The van der Waals surface area contributed by atoms with Crippen molar-refractivity contribution in [3.05, 3.63) is 47.7 Å². The summed E-state index contributed by atoms with van der Waals surface area (Å²) in [5.74, 6) is 2.04. The summed E-state index contributed by atoms with van der Waals surface area (Å²) in [7, 11) is 0. The summed E-state index contributed by atoms with van der Waals surface area (Å²) in [4.78, 5) is 2.36. The van der Waals surface area contributed by atoms with Gasteiger partial charge in [0.05, 0.1) is 19.1 Å². The molecule has 2 aliphatic rings. The van der Waals surface area contributed by atoms with E-state index in [4.69, 9.17) is 4.42 Å². The summed E-state index contributed by atoms with van der Waals surface area (Å²) < 4.78 is 5.87. The van der Waals surface area contributed by atoms with Crippen molar-refractivity contribution in [1.82, 2.24) is 15.1 Å². The molecule has 0 radical (unpaired) electrons. The molecule has 1 saturated heterocycles. The molecule has 5 heteroatoms. The van der Waals surface area contributed by atoms with Gasteiger partial charge in [-0.25, -0.2) is 0 Å². The summed E-state index contributed by atoms with van der Waals surface area (Å²) in [6.45, 7) is 1.37. The van der Waals surface area contributed by atoms with Crippen LogP contribution in [0, 0.1) is 5.92 Å². The minimum atomic E-state index is -0.223. The zero-order chi connectivity index (χ0) is 17.1. The second-order valence-corrected chi connectivity index (χ2v) is 7.54. The number of aliphatic hydroxyl groups excluding tert-OH is 1. The summed E-state index contributed by atoms with van der Waals surface area (Å²) >= 11 is 0. The standard InChI is InChI=1S/C20H27N3O2/c24-17-12-18(16-9-5-2-6-10-16)23(13-17)14-20-22-21-19(25-20)11-15-7-3-1-4-8-15/h1,3-4,7-8,16-18,24H,2,5-6,9-14H2/t17-,18+/m1/s1. The Kier molecular flexibility index (Phi) is 5.13. The highest BCUT2D eigenvalue weighted by atomic mass is 16.4. The monoisotopic (exact) mass is 341 g/mol. The first-order chi connectivity index (χ1) is 12.3. The van der Waals surface area contributed by atoms with Crippen molar-refractivity contribution < 1.29 is 9.52 Å². The van der Waals surface area contributed by atoms with Gasteiger partial charge in [0.15, 0.2) is 0 Å². The Morgan fingerprint density at radius 1 is 1.04 bits per heavy atom. The van der Waals surface area contributed by atoms with Crippen LogP contribution in [0.1, 0.15) is 55.9 Å². The van der Waals surface area contributed by atoms with Gasteiger partial charge >= 0.3 is 0 Å². The van der Waals surface area contributed by atoms with Crippen molar-refractivity contribution in [1.29, 1.82) is 0 Å². The van der Waals surface area contributed by atoms with E-state index in [-0.39, 0.29) is 6.10 Å². The van der Waals surface area contributed by atoms with Gasteiger partial charge in [0.25, 0.3) is 0 Å². The lowest BCUT2D eigenvalue weighted by atomic mass is 9.83. The number of rotatable bonds is 5. The fraction of sp³-hybridized carbons (Fsp3) is 0.600. The smallest absolute Gasteiger partial charge is 0.230 e. The number of benzene rings is 1.